The van der Waals surface area contributed by atoms with Gasteiger partial charge in [-0.2, -0.15) is 0 Å². The van der Waals surface area contributed by atoms with Gasteiger partial charge in [-0.1, -0.05) is 18.2 Å². The summed E-state index contributed by atoms with van der Waals surface area (Å²) < 4.78 is 6.01. The first-order valence-corrected chi connectivity index (χ1v) is 8.89. The van der Waals surface area contributed by atoms with Crippen molar-refractivity contribution in [3.8, 4) is 11.5 Å². The predicted octanol–water partition coefficient (Wildman–Crippen LogP) is 5.09. The molecule has 134 valence electrons. The summed E-state index contributed by atoms with van der Waals surface area (Å²) in [5.74, 6) is 2.66. The SMILES string of the molecule is Cc1nc(N2CCCCC2)c2[nH]c(-c3cc4ccccc4o3)cc2n1.Cl. The third kappa shape index (κ3) is 2.82. The monoisotopic (exact) mass is 368 g/mol. The number of nitrogens with zero attached hydrogens (tertiary/aromatic N) is 3. The first-order chi connectivity index (χ1) is 12.3. The van der Waals surface area contributed by atoms with E-state index in [1.165, 1.54) is 19.3 Å². The van der Waals surface area contributed by atoms with Crippen molar-refractivity contribution in [2.75, 3.05) is 18.0 Å². The lowest BCUT2D eigenvalue weighted by Gasteiger charge is -2.28. The lowest BCUT2D eigenvalue weighted by atomic mass is 10.1. The predicted molar refractivity (Wildman–Crippen MR) is 107 cm³/mol. The van der Waals surface area contributed by atoms with E-state index in [4.69, 9.17) is 9.40 Å². The van der Waals surface area contributed by atoms with Gasteiger partial charge in [0.05, 0.1) is 11.2 Å². The minimum atomic E-state index is 0. The molecule has 0 atom stereocenters. The number of hydrogen-bond donors (Lipinski definition) is 1. The molecular formula is C20H21ClN4O. The molecule has 1 aliphatic rings. The number of furan rings is 1. The van der Waals surface area contributed by atoms with Crippen LogP contribution in [0.3, 0.4) is 0 Å². The molecule has 1 saturated heterocycles. The normalized spacial score (nSPS) is 14.7. The zero-order valence-corrected chi connectivity index (χ0v) is 15.5. The Balaban J connectivity index is 0.00000168. The number of piperidine rings is 1. The molecule has 4 aromatic rings. The zero-order valence-electron chi connectivity index (χ0n) is 14.7. The average Bonchev–Trinajstić information content (AvgIpc) is 3.25. The highest BCUT2D eigenvalue weighted by molar-refractivity contribution is 5.92. The fraction of sp³-hybridized carbons (Fsp3) is 0.300. The number of anilines is 1. The fourth-order valence-corrected chi connectivity index (χ4v) is 3.69. The van der Waals surface area contributed by atoms with Gasteiger partial charge in [0.15, 0.2) is 11.6 Å². The van der Waals surface area contributed by atoms with E-state index in [-0.39, 0.29) is 12.4 Å². The number of halogens is 1. The first kappa shape index (κ1) is 16.9. The van der Waals surface area contributed by atoms with E-state index in [1.54, 1.807) is 0 Å². The molecule has 5 rings (SSSR count). The summed E-state index contributed by atoms with van der Waals surface area (Å²) in [6.07, 6.45) is 3.75. The molecule has 26 heavy (non-hydrogen) atoms. The molecule has 3 aromatic heterocycles. The molecular weight excluding hydrogens is 348 g/mol. The molecule has 1 fully saturated rings. The number of hydrogen-bond acceptors (Lipinski definition) is 4. The largest absolute Gasteiger partial charge is 0.455 e. The quantitative estimate of drug-likeness (QED) is 0.535. The van der Waals surface area contributed by atoms with Gasteiger partial charge < -0.3 is 14.3 Å². The molecule has 4 heterocycles. The molecule has 5 nitrogen and oxygen atoms in total. The Labute approximate surface area is 157 Å². The van der Waals surface area contributed by atoms with Crippen molar-refractivity contribution in [2.45, 2.75) is 26.2 Å². The maximum atomic E-state index is 6.01. The standard InChI is InChI=1S/C20H20N4O.ClH/c1-13-21-16-12-15(18-11-14-7-3-4-8-17(14)25-18)23-19(16)20(22-13)24-9-5-2-6-10-24;/h3-4,7-8,11-12,23H,2,5-6,9-10H2,1H3;1H. The van der Waals surface area contributed by atoms with Crippen molar-refractivity contribution >= 4 is 40.2 Å². The van der Waals surface area contributed by atoms with E-state index in [9.17, 15) is 0 Å². The Hall–Kier alpha value is -2.53. The second-order valence-electron chi connectivity index (χ2n) is 6.73. The van der Waals surface area contributed by atoms with Crippen LogP contribution in [0.25, 0.3) is 33.5 Å². The molecule has 0 saturated carbocycles. The van der Waals surface area contributed by atoms with Crippen LogP contribution in [0, 0.1) is 6.92 Å². The highest BCUT2D eigenvalue weighted by Gasteiger charge is 2.19. The average molecular weight is 369 g/mol. The van der Waals surface area contributed by atoms with E-state index < -0.39 is 0 Å². The number of aromatic nitrogens is 3. The summed E-state index contributed by atoms with van der Waals surface area (Å²) in [6, 6.07) is 12.2. The fourth-order valence-electron chi connectivity index (χ4n) is 3.69. The van der Waals surface area contributed by atoms with Crippen LogP contribution in [0.4, 0.5) is 5.82 Å². The number of aryl methyl sites for hydroxylation is 1. The van der Waals surface area contributed by atoms with Crippen molar-refractivity contribution in [2.24, 2.45) is 0 Å². The molecule has 0 amide bonds. The molecule has 0 aliphatic carbocycles. The van der Waals surface area contributed by atoms with Crippen molar-refractivity contribution in [3.05, 3.63) is 42.2 Å². The Morgan fingerprint density at radius 2 is 1.85 bits per heavy atom. The third-order valence-corrected chi connectivity index (χ3v) is 4.92. The van der Waals surface area contributed by atoms with Crippen LogP contribution in [0.1, 0.15) is 25.1 Å². The van der Waals surface area contributed by atoms with Gasteiger partial charge in [0.2, 0.25) is 0 Å². The van der Waals surface area contributed by atoms with Crippen LogP contribution in [0.5, 0.6) is 0 Å². The van der Waals surface area contributed by atoms with Crippen LogP contribution in [-0.2, 0) is 0 Å². The molecule has 1 aromatic carbocycles. The molecule has 0 unspecified atom stereocenters. The van der Waals surface area contributed by atoms with Crippen LogP contribution in [0.2, 0.25) is 0 Å². The van der Waals surface area contributed by atoms with E-state index in [2.05, 4.69) is 33.1 Å². The van der Waals surface area contributed by atoms with Crippen molar-refractivity contribution < 1.29 is 4.42 Å². The van der Waals surface area contributed by atoms with E-state index >= 15 is 0 Å². The minimum absolute atomic E-state index is 0. The lowest BCUT2D eigenvalue weighted by molar-refractivity contribution is 0.574. The van der Waals surface area contributed by atoms with Crippen LogP contribution < -0.4 is 4.90 Å². The number of nitrogens with one attached hydrogen (secondary N) is 1. The number of rotatable bonds is 2. The number of H-pyrrole nitrogens is 1. The van der Waals surface area contributed by atoms with E-state index in [0.29, 0.717) is 0 Å². The molecule has 1 N–H and O–H groups in total. The van der Waals surface area contributed by atoms with Gasteiger partial charge in [0.1, 0.15) is 16.9 Å². The Morgan fingerprint density at radius 3 is 2.65 bits per heavy atom. The number of fused-ring (bicyclic) bond motifs is 2. The maximum absolute atomic E-state index is 6.01. The van der Waals surface area contributed by atoms with Crippen molar-refractivity contribution in [1.82, 2.24) is 15.0 Å². The maximum Gasteiger partial charge on any atom is 0.156 e. The second kappa shape index (κ2) is 6.65. The summed E-state index contributed by atoms with van der Waals surface area (Å²) in [5, 5.41) is 1.11. The van der Waals surface area contributed by atoms with Gasteiger partial charge in [0, 0.05) is 18.5 Å². The Bertz CT molecular complexity index is 1030. The minimum Gasteiger partial charge on any atom is -0.455 e. The van der Waals surface area contributed by atoms with Gasteiger partial charge in [-0.15, -0.1) is 12.4 Å². The van der Waals surface area contributed by atoms with E-state index in [1.807, 2.05) is 25.1 Å². The van der Waals surface area contributed by atoms with Crippen LogP contribution in [-0.4, -0.2) is 28.0 Å². The van der Waals surface area contributed by atoms with Crippen molar-refractivity contribution in [1.29, 1.82) is 0 Å². The van der Waals surface area contributed by atoms with Gasteiger partial charge in [0.25, 0.3) is 0 Å². The highest BCUT2D eigenvalue weighted by atomic mass is 35.5. The Morgan fingerprint density at radius 1 is 1.04 bits per heavy atom. The zero-order chi connectivity index (χ0) is 16.8. The lowest BCUT2D eigenvalue weighted by Crippen LogP contribution is -2.30. The summed E-state index contributed by atoms with van der Waals surface area (Å²) in [4.78, 5) is 15.2. The molecule has 0 spiro atoms. The highest BCUT2D eigenvalue weighted by Crippen LogP contribution is 2.32. The van der Waals surface area contributed by atoms with Gasteiger partial charge in [-0.3, -0.25) is 0 Å². The van der Waals surface area contributed by atoms with Crippen molar-refractivity contribution in [3.63, 3.8) is 0 Å². The summed E-state index contributed by atoms with van der Waals surface area (Å²) in [5.41, 5.74) is 3.80. The number of aromatic amines is 1. The van der Waals surface area contributed by atoms with Gasteiger partial charge in [-0.25, -0.2) is 9.97 Å². The second-order valence-corrected chi connectivity index (χ2v) is 6.73. The summed E-state index contributed by atoms with van der Waals surface area (Å²) >= 11 is 0. The molecule has 0 radical (unpaired) electrons. The molecule has 1 aliphatic heterocycles. The van der Waals surface area contributed by atoms with Crippen LogP contribution >= 0.6 is 12.4 Å². The third-order valence-electron chi connectivity index (χ3n) is 4.92. The van der Waals surface area contributed by atoms with Gasteiger partial charge >= 0.3 is 0 Å². The van der Waals surface area contributed by atoms with Crippen LogP contribution in [0.15, 0.2) is 40.8 Å². The first-order valence-electron chi connectivity index (χ1n) is 8.89. The number of para-hydroxylation sites is 1. The van der Waals surface area contributed by atoms with E-state index in [0.717, 1.165) is 58.2 Å². The topological polar surface area (TPSA) is 58.0 Å². The Kier molecular flexibility index (Phi) is 4.32. The summed E-state index contributed by atoms with van der Waals surface area (Å²) in [6.45, 7) is 4.08. The van der Waals surface area contributed by atoms with Gasteiger partial charge in [-0.05, 0) is 44.4 Å². The summed E-state index contributed by atoms with van der Waals surface area (Å²) in [7, 11) is 0. The number of benzene rings is 1. The molecule has 0 bridgehead atoms. The molecule has 6 heteroatoms. The smallest absolute Gasteiger partial charge is 0.156 e.